The van der Waals surface area contributed by atoms with Crippen molar-refractivity contribution in [1.82, 2.24) is 0 Å². The van der Waals surface area contributed by atoms with Crippen molar-refractivity contribution in [2.75, 3.05) is 10.5 Å². The Balaban J connectivity index is 2.41. The number of nitrogens with two attached hydrogens (primary N) is 1. The van der Waals surface area contributed by atoms with Gasteiger partial charge in [0.05, 0.1) is 16.4 Å². The minimum atomic E-state index is -3.82. The smallest absolute Gasteiger partial charge is 0.263 e. The van der Waals surface area contributed by atoms with Gasteiger partial charge in [0.15, 0.2) is 0 Å². The first-order chi connectivity index (χ1) is 9.29. The van der Waals surface area contributed by atoms with Crippen molar-refractivity contribution in [3.8, 4) is 0 Å². The average Bonchev–Trinajstić information content (AvgIpc) is 2.32. The Labute approximate surface area is 140 Å². The van der Waals surface area contributed by atoms with Crippen molar-refractivity contribution in [3.63, 3.8) is 0 Å². The van der Waals surface area contributed by atoms with Gasteiger partial charge in [-0.3, -0.25) is 4.72 Å². The van der Waals surface area contributed by atoms with Crippen LogP contribution in [0.15, 0.2) is 41.3 Å². The van der Waals surface area contributed by atoms with Gasteiger partial charge in [-0.1, -0.05) is 23.2 Å². The van der Waals surface area contributed by atoms with E-state index in [4.69, 9.17) is 28.9 Å². The molecule has 3 N–H and O–H groups in total. The number of hydrogen-bond acceptors (Lipinski definition) is 3. The zero-order valence-electron chi connectivity index (χ0n) is 9.90. The first kappa shape index (κ1) is 15.7. The number of benzene rings is 2. The molecule has 2 aromatic rings. The van der Waals surface area contributed by atoms with Crippen molar-refractivity contribution < 1.29 is 8.42 Å². The van der Waals surface area contributed by atoms with Gasteiger partial charge < -0.3 is 5.73 Å². The van der Waals surface area contributed by atoms with Crippen LogP contribution in [0.2, 0.25) is 10.0 Å². The molecule has 0 saturated heterocycles. The normalized spacial score (nSPS) is 11.3. The lowest BCUT2D eigenvalue weighted by molar-refractivity contribution is 0.601. The molecule has 0 aromatic heterocycles. The molecule has 20 heavy (non-hydrogen) atoms. The predicted molar refractivity (Wildman–Crippen MR) is 90.8 cm³/mol. The third-order valence-electron chi connectivity index (χ3n) is 2.44. The fourth-order valence-corrected chi connectivity index (χ4v) is 3.87. The molecular weight excluding hydrogens is 434 g/mol. The van der Waals surface area contributed by atoms with E-state index in [1.165, 1.54) is 18.2 Å². The number of halogens is 3. The van der Waals surface area contributed by atoms with Gasteiger partial charge in [0.1, 0.15) is 4.90 Å². The van der Waals surface area contributed by atoms with Crippen LogP contribution < -0.4 is 10.5 Å². The number of nitrogen functional groups attached to an aromatic ring is 1. The minimum Gasteiger partial charge on any atom is -0.398 e. The monoisotopic (exact) mass is 442 g/mol. The molecule has 2 rings (SSSR count). The Kier molecular flexibility index (Phi) is 4.68. The lowest BCUT2D eigenvalue weighted by Gasteiger charge is -2.11. The van der Waals surface area contributed by atoms with E-state index in [2.05, 4.69) is 27.3 Å². The third kappa shape index (κ3) is 3.49. The van der Waals surface area contributed by atoms with Crippen LogP contribution in [0, 0.1) is 3.57 Å². The molecule has 4 nitrogen and oxygen atoms in total. The van der Waals surface area contributed by atoms with Crippen LogP contribution in [0.3, 0.4) is 0 Å². The highest BCUT2D eigenvalue weighted by Crippen LogP contribution is 2.28. The maximum atomic E-state index is 12.3. The molecule has 0 amide bonds. The maximum Gasteiger partial charge on any atom is 0.263 e. The average molecular weight is 443 g/mol. The van der Waals surface area contributed by atoms with Gasteiger partial charge in [0, 0.05) is 8.59 Å². The van der Waals surface area contributed by atoms with E-state index < -0.39 is 10.0 Å². The van der Waals surface area contributed by atoms with Crippen LogP contribution in [0.1, 0.15) is 0 Å². The molecule has 0 aliphatic rings. The van der Waals surface area contributed by atoms with Gasteiger partial charge in [-0.15, -0.1) is 0 Å². The highest BCUT2D eigenvalue weighted by molar-refractivity contribution is 14.1. The minimum absolute atomic E-state index is 0.0449. The first-order valence-electron chi connectivity index (χ1n) is 5.32. The highest BCUT2D eigenvalue weighted by Gasteiger charge is 2.19. The van der Waals surface area contributed by atoms with E-state index >= 15 is 0 Å². The number of hydrogen-bond donors (Lipinski definition) is 2. The molecule has 106 valence electrons. The number of sulfonamides is 1. The third-order valence-corrected chi connectivity index (χ3v) is 5.10. The second-order valence-corrected chi connectivity index (χ2v) is 7.65. The SMILES string of the molecule is Nc1cc(Cl)ccc1S(=O)(=O)Nc1ccc(I)cc1Cl. The molecule has 0 atom stereocenters. The van der Waals surface area contributed by atoms with Crippen molar-refractivity contribution in [3.05, 3.63) is 50.0 Å². The van der Waals surface area contributed by atoms with Crippen LogP contribution in [0.25, 0.3) is 0 Å². The Morgan fingerprint density at radius 2 is 1.80 bits per heavy atom. The lowest BCUT2D eigenvalue weighted by Crippen LogP contribution is -2.15. The molecule has 0 radical (unpaired) electrons. The van der Waals surface area contributed by atoms with Crippen molar-refractivity contribution in [2.45, 2.75) is 4.90 Å². The summed E-state index contributed by atoms with van der Waals surface area (Å²) in [6, 6.07) is 9.18. The summed E-state index contributed by atoms with van der Waals surface area (Å²) in [6.07, 6.45) is 0. The van der Waals surface area contributed by atoms with Crippen molar-refractivity contribution in [1.29, 1.82) is 0 Å². The quantitative estimate of drug-likeness (QED) is 0.557. The lowest BCUT2D eigenvalue weighted by atomic mass is 10.3. The van der Waals surface area contributed by atoms with Gasteiger partial charge in [0.2, 0.25) is 0 Å². The Bertz CT molecular complexity index is 766. The van der Waals surface area contributed by atoms with Gasteiger partial charge in [-0.05, 0) is 59.0 Å². The maximum absolute atomic E-state index is 12.3. The molecule has 0 aliphatic heterocycles. The number of nitrogens with one attached hydrogen (secondary N) is 1. The fourth-order valence-electron chi connectivity index (χ4n) is 1.54. The Morgan fingerprint density at radius 1 is 1.10 bits per heavy atom. The zero-order chi connectivity index (χ0) is 14.9. The van der Waals surface area contributed by atoms with Gasteiger partial charge in [-0.25, -0.2) is 8.42 Å². The van der Waals surface area contributed by atoms with Crippen LogP contribution in [0.5, 0.6) is 0 Å². The summed E-state index contributed by atoms with van der Waals surface area (Å²) in [4.78, 5) is -0.0449. The van der Waals surface area contributed by atoms with Crippen molar-refractivity contribution in [2.24, 2.45) is 0 Å². The van der Waals surface area contributed by atoms with Gasteiger partial charge in [0.25, 0.3) is 10.0 Å². The molecule has 0 fully saturated rings. The second-order valence-electron chi connectivity index (χ2n) is 3.91. The second kappa shape index (κ2) is 5.97. The molecule has 0 heterocycles. The zero-order valence-corrected chi connectivity index (χ0v) is 14.4. The van der Waals surface area contributed by atoms with E-state index in [9.17, 15) is 8.42 Å². The van der Waals surface area contributed by atoms with E-state index in [1.807, 2.05) is 0 Å². The summed E-state index contributed by atoms with van der Waals surface area (Å²) in [5.41, 5.74) is 6.05. The van der Waals surface area contributed by atoms with Crippen LogP contribution in [-0.2, 0) is 10.0 Å². The molecule has 2 aromatic carbocycles. The van der Waals surface area contributed by atoms with Gasteiger partial charge >= 0.3 is 0 Å². The molecular formula is C12H9Cl2IN2O2S. The fraction of sp³-hybridized carbons (Fsp3) is 0. The predicted octanol–water partition coefficient (Wildman–Crippen LogP) is 3.98. The molecule has 8 heteroatoms. The van der Waals surface area contributed by atoms with Crippen molar-refractivity contribution >= 4 is 67.2 Å². The van der Waals surface area contributed by atoms with Crippen LogP contribution >= 0.6 is 45.8 Å². The number of rotatable bonds is 3. The van der Waals surface area contributed by atoms with Crippen LogP contribution in [-0.4, -0.2) is 8.42 Å². The number of anilines is 2. The summed E-state index contributed by atoms with van der Waals surface area (Å²) in [6.45, 7) is 0. The van der Waals surface area contributed by atoms with E-state index in [1.54, 1.807) is 18.2 Å². The highest BCUT2D eigenvalue weighted by atomic mass is 127. The van der Waals surface area contributed by atoms with E-state index in [0.717, 1.165) is 3.57 Å². The summed E-state index contributed by atoms with van der Waals surface area (Å²) >= 11 is 13.8. The Morgan fingerprint density at radius 3 is 2.40 bits per heavy atom. The summed E-state index contributed by atoms with van der Waals surface area (Å²) < 4.78 is 27.9. The first-order valence-corrected chi connectivity index (χ1v) is 8.64. The van der Waals surface area contributed by atoms with E-state index in [-0.39, 0.29) is 10.6 Å². The topological polar surface area (TPSA) is 72.2 Å². The summed E-state index contributed by atoms with van der Waals surface area (Å²) in [7, 11) is -3.82. The standard InChI is InChI=1S/C12H9Cl2IN2O2S/c13-7-1-4-12(10(16)5-7)20(18,19)17-11-3-2-8(15)6-9(11)14/h1-6,17H,16H2. The van der Waals surface area contributed by atoms with Gasteiger partial charge in [-0.2, -0.15) is 0 Å². The molecule has 0 bridgehead atoms. The molecule has 0 aliphatic carbocycles. The molecule has 0 unspecified atom stereocenters. The molecule has 0 saturated carbocycles. The summed E-state index contributed by atoms with van der Waals surface area (Å²) in [5.74, 6) is 0. The Hall–Kier alpha value is -0.700. The van der Waals surface area contributed by atoms with E-state index in [0.29, 0.717) is 15.7 Å². The summed E-state index contributed by atoms with van der Waals surface area (Å²) in [5, 5.41) is 0.682. The molecule has 0 spiro atoms. The van der Waals surface area contributed by atoms with Crippen LogP contribution in [0.4, 0.5) is 11.4 Å². The largest absolute Gasteiger partial charge is 0.398 e.